The first-order valence-corrected chi connectivity index (χ1v) is 6.06. The van der Waals surface area contributed by atoms with Crippen molar-refractivity contribution in [1.29, 1.82) is 0 Å². The molecule has 1 aromatic rings. The Morgan fingerprint density at radius 2 is 2.33 bits per heavy atom. The Balaban J connectivity index is 1.90. The molecule has 1 N–H and O–H groups in total. The molecule has 0 aromatic heterocycles. The molecule has 1 aromatic carbocycles. The third-order valence-corrected chi connectivity index (χ3v) is 3.04. The summed E-state index contributed by atoms with van der Waals surface area (Å²) in [6, 6.07) is 6.41. The number of halogens is 1. The molecule has 1 aliphatic rings. The van der Waals surface area contributed by atoms with Gasteiger partial charge in [0, 0.05) is 31.2 Å². The van der Waals surface area contributed by atoms with Gasteiger partial charge in [0.05, 0.1) is 0 Å². The number of ether oxygens (including phenoxy) is 1. The van der Waals surface area contributed by atoms with Crippen molar-refractivity contribution in [3.63, 3.8) is 0 Å². The number of nitrogens with zero attached hydrogens (tertiary/aromatic N) is 1. The van der Waals surface area contributed by atoms with Gasteiger partial charge in [-0.1, -0.05) is 18.2 Å². The van der Waals surface area contributed by atoms with Crippen molar-refractivity contribution in [3.05, 3.63) is 35.6 Å². The number of hydrogen-bond acceptors (Lipinski definition) is 3. The molecule has 0 aliphatic carbocycles. The Hall–Kier alpha value is -1.62. The number of benzene rings is 1. The highest BCUT2D eigenvalue weighted by atomic mass is 19.1. The molecule has 2 rings (SSSR count). The van der Waals surface area contributed by atoms with E-state index in [1.54, 1.807) is 23.1 Å². The normalized spacial score (nSPS) is 19.7. The minimum Gasteiger partial charge on any atom is -0.444 e. The molecular formula is C13H17FN2O2. The van der Waals surface area contributed by atoms with Gasteiger partial charge in [-0.05, 0) is 13.0 Å². The molecule has 4 nitrogen and oxygen atoms in total. The monoisotopic (exact) mass is 252 g/mol. The summed E-state index contributed by atoms with van der Waals surface area (Å²) in [7, 11) is 0. The predicted octanol–water partition coefficient (Wildman–Crippen LogP) is 1.76. The van der Waals surface area contributed by atoms with Crippen LogP contribution in [0.25, 0.3) is 0 Å². The van der Waals surface area contributed by atoms with Crippen LogP contribution in [0, 0.1) is 5.82 Å². The van der Waals surface area contributed by atoms with Crippen molar-refractivity contribution in [2.24, 2.45) is 0 Å². The fraction of sp³-hybridized carbons (Fsp3) is 0.462. The number of amides is 1. The third kappa shape index (κ3) is 2.98. The van der Waals surface area contributed by atoms with E-state index in [9.17, 15) is 9.18 Å². The van der Waals surface area contributed by atoms with E-state index >= 15 is 0 Å². The quantitative estimate of drug-likeness (QED) is 0.872. The molecule has 5 heteroatoms. The highest BCUT2D eigenvalue weighted by molar-refractivity contribution is 5.68. The molecule has 0 saturated carbocycles. The minimum atomic E-state index is -0.382. The molecule has 1 amide bonds. The Morgan fingerprint density at radius 1 is 1.56 bits per heavy atom. The van der Waals surface area contributed by atoms with Crippen LogP contribution in [0.3, 0.4) is 0 Å². The summed E-state index contributed by atoms with van der Waals surface area (Å²) in [6.45, 7) is 4.07. The summed E-state index contributed by atoms with van der Waals surface area (Å²) in [5.41, 5.74) is 0.397. The number of nitrogens with one attached hydrogen (secondary N) is 1. The largest absolute Gasteiger partial charge is 0.444 e. The molecule has 1 fully saturated rings. The maximum absolute atomic E-state index is 13.3. The summed E-state index contributed by atoms with van der Waals surface area (Å²) in [6.07, 6.45) is -0.382. The van der Waals surface area contributed by atoms with Crippen LogP contribution in [0.1, 0.15) is 12.5 Å². The van der Waals surface area contributed by atoms with E-state index in [0.29, 0.717) is 12.1 Å². The van der Waals surface area contributed by atoms with Gasteiger partial charge < -0.3 is 15.0 Å². The Morgan fingerprint density at radius 3 is 3.06 bits per heavy atom. The molecule has 18 heavy (non-hydrogen) atoms. The van der Waals surface area contributed by atoms with E-state index < -0.39 is 0 Å². The third-order valence-electron chi connectivity index (χ3n) is 3.04. The predicted molar refractivity (Wildman–Crippen MR) is 65.6 cm³/mol. The van der Waals surface area contributed by atoms with Gasteiger partial charge in [-0.15, -0.1) is 0 Å². The smallest absolute Gasteiger partial charge is 0.410 e. The number of carbonyl (C=O) groups is 1. The lowest BCUT2D eigenvalue weighted by atomic mass is 10.2. The van der Waals surface area contributed by atoms with Crippen molar-refractivity contribution < 1.29 is 13.9 Å². The van der Waals surface area contributed by atoms with E-state index in [4.69, 9.17) is 4.74 Å². The van der Waals surface area contributed by atoms with Gasteiger partial charge in [0.15, 0.2) is 0 Å². The first-order chi connectivity index (χ1) is 8.68. The summed E-state index contributed by atoms with van der Waals surface area (Å²) in [5, 5.41) is 3.19. The van der Waals surface area contributed by atoms with Gasteiger partial charge in [0.1, 0.15) is 12.4 Å². The molecule has 1 unspecified atom stereocenters. The lowest BCUT2D eigenvalue weighted by Crippen LogP contribution is -2.52. The zero-order valence-corrected chi connectivity index (χ0v) is 10.4. The van der Waals surface area contributed by atoms with Crippen LogP contribution in [0.2, 0.25) is 0 Å². The zero-order valence-electron chi connectivity index (χ0n) is 10.4. The number of hydrogen-bond donors (Lipinski definition) is 1. The van der Waals surface area contributed by atoms with Crippen LogP contribution in [-0.4, -0.2) is 36.7 Å². The standard InChI is InChI=1S/C13H17FN2O2/c1-10-8-15-6-7-16(10)13(17)18-9-11-4-2-3-5-12(11)14/h2-5,10,15H,6-9H2,1H3. The van der Waals surface area contributed by atoms with Gasteiger partial charge in [0.25, 0.3) is 0 Å². The highest BCUT2D eigenvalue weighted by Crippen LogP contribution is 2.10. The fourth-order valence-corrected chi connectivity index (χ4v) is 1.95. The SMILES string of the molecule is CC1CNCCN1C(=O)OCc1ccccc1F. The van der Waals surface area contributed by atoms with Crippen molar-refractivity contribution in [1.82, 2.24) is 10.2 Å². The number of rotatable bonds is 2. The van der Waals surface area contributed by atoms with Crippen molar-refractivity contribution >= 4 is 6.09 Å². The molecule has 0 bridgehead atoms. The second-order valence-electron chi connectivity index (χ2n) is 4.39. The van der Waals surface area contributed by atoms with Crippen LogP contribution in [0.5, 0.6) is 0 Å². The summed E-state index contributed by atoms with van der Waals surface area (Å²) in [4.78, 5) is 13.5. The number of piperazine rings is 1. The average Bonchev–Trinajstić information content (AvgIpc) is 2.38. The van der Waals surface area contributed by atoms with Gasteiger partial charge in [-0.2, -0.15) is 0 Å². The van der Waals surface area contributed by atoms with Crippen LogP contribution < -0.4 is 5.32 Å². The van der Waals surface area contributed by atoms with E-state index in [1.165, 1.54) is 6.07 Å². The second-order valence-corrected chi connectivity index (χ2v) is 4.39. The first kappa shape index (κ1) is 12.8. The van der Waals surface area contributed by atoms with Crippen LogP contribution >= 0.6 is 0 Å². The topological polar surface area (TPSA) is 41.6 Å². The Labute approximate surface area is 106 Å². The zero-order chi connectivity index (χ0) is 13.0. The van der Waals surface area contributed by atoms with Crippen LogP contribution in [0.15, 0.2) is 24.3 Å². The molecule has 98 valence electrons. The lowest BCUT2D eigenvalue weighted by molar-refractivity contribution is 0.0752. The molecule has 1 saturated heterocycles. The second kappa shape index (κ2) is 5.82. The Kier molecular flexibility index (Phi) is 4.15. The van der Waals surface area contributed by atoms with Gasteiger partial charge in [0.2, 0.25) is 0 Å². The number of carbonyl (C=O) groups excluding carboxylic acids is 1. The van der Waals surface area contributed by atoms with E-state index in [0.717, 1.165) is 13.1 Å². The lowest BCUT2D eigenvalue weighted by Gasteiger charge is -2.32. The van der Waals surface area contributed by atoms with E-state index in [2.05, 4.69) is 5.32 Å². The van der Waals surface area contributed by atoms with Crippen molar-refractivity contribution in [2.45, 2.75) is 19.6 Å². The van der Waals surface area contributed by atoms with Gasteiger partial charge in [-0.25, -0.2) is 9.18 Å². The first-order valence-electron chi connectivity index (χ1n) is 6.06. The molecule has 1 atom stereocenters. The minimum absolute atomic E-state index is 0.0256. The maximum atomic E-state index is 13.3. The summed E-state index contributed by atoms with van der Waals surface area (Å²) >= 11 is 0. The summed E-state index contributed by atoms with van der Waals surface area (Å²) in [5.74, 6) is -0.348. The maximum Gasteiger partial charge on any atom is 0.410 e. The van der Waals surface area contributed by atoms with Crippen molar-refractivity contribution in [2.75, 3.05) is 19.6 Å². The van der Waals surface area contributed by atoms with E-state index in [-0.39, 0.29) is 24.6 Å². The highest BCUT2D eigenvalue weighted by Gasteiger charge is 2.24. The fourth-order valence-electron chi connectivity index (χ4n) is 1.95. The Bertz CT molecular complexity index is 425. The van der Waals surface area contributed by atoms with Gasteiger partial charge >= 0.3 is 6.09 Å². The molecule has 1 heterocycles. The van der Waals surface area contributed by atoms with E-state index in [1.807, 2.05) is 6.92 Å². The van der Waals surface area contributed by atoms with Crippen molar-refractivity contribution in [3.8, 4) is 0 Å². The average molecular weight is 252 g/mol. The molecular weight excluding hydrogens is 235 g/mol. The molecule has 1 aliphatic heterocycles. The summed E-state index contributed by atoms with van der Waals surface area (Å²) < 4.78 is 18.5. The van der Waals surface area contributed by atoms with Crippen LogP contribution in [0.4, 0.5) is 9.18 Å². The molecule has 0 radical (unpaired) electrons. The van der Waals surface area contributed by atoms with Crippen LogP contribution in [-0.2, 0) is 11.3 Å². The van der Waals surface area contributed by atoms with Gasteiger partial charge in [-0.3, -0.25) is 0 Å². The molecule has 0 spiro atoms.